The van der Waals surface area contributed by atoms with E-state index in [0.717, 1.165) is 16.7 Å². The monoisotopic (exact) mass is 414 g/mol. The third-order valence-corrected chi connectivity index (χ3v) is 5.97. The number of nitrogens with zero attached hydrogens (tertiary/aromatic N) is 1. The van der Waals surface area contributed by atoms with Crippen LogP contribution in [0.5, 0.6) is 0 Å². The second-order valence-corrected chi connectivity index (χ2v) is 8.59. The van der Waals surface area contributed by atoms with Crippen molar-refractivity contribution in [1.29, 1.82) is 0 Å². The van der Waals surface area contributed by atoms with Crippen LogP contribution in [0.4, 0.5) is 0 Å². The van der Waals surface area contributed by atoms with Crippen molar-refractivity contribution >= 4 is 27.6 Å². The van der Waals surface area contributed by atoms with Crippen LogP contribution in [0.15, 0.2) is 46.3 Å². The van der Waals surface area contributed by atoms with Gasteiger partial charge in [0.25, 0.3) is 10.0 Å². The van der Waals surface area contributed by atoms with Gasteiger partial charge in [-0.1, -0.05) is 29.8 Å². The topological polar surface area (TPSA) is 102 Å². The van der Waals surface area contributed by atoms with Gasteiger partial charge in [-0.05, 0) is 44.0 Å². The van der Waals surface area contributed by atoms with E-state index in [1.165, 1.54) is 6.07 Å². The van der Waals surface area contributed by atoms with Crippen molar-refractivity contribution in [3.05, 3.63) is 64.2 Å². The average Bonchev–Trinajstić information content (AvgIpc) is 2.90. The first-order chi connectivity index (χ1) is 13.7. The zero-order valence-electron chi connectivity index (χ0n) is 16.5. The largest absolute Gasteiger partial charge is 0.457 e. The number of fused-ring (bicyclic) bond motifs is 1. The van der Waals surface area contributed by atoms with Gasteiger partial charge in [-0.15, -0.1) is 0 Å². The normalized spacial score (nSPS) is 15.6. The molecule has 152 valence electrons. The number of benzene rings is 2. The van der Waals surface area contributed by atoms with Gasteiger partial charge in [-0.3, -0.25) is 19.3 Å². The molecule has 0 unspecified atom stereocenters. The molecular weight excluding hydrogens is 392 g/mol. The Bertz CT molecular complexity index is 1100. The Labute approximate surface area is 169 Å². The molecule has 3 rings (SSSR count). The molecule has 2 aromatic rings. The van der Waals surface area contributed by atoms with Crippen molar-refractivity contribution in [3.8, 4) is 0 Å². The predicted molar refractivity (Wildman–Crippen MR) is 109 cm³/mol. The molecule has 8 heteroatoms. The molecule has 7 nitrogen and oxygen atoms in total. The number of amidine groups is 1. The van der Waals surface area contributed by atoms with Gasteiger partial charge in [0.2, 0.25) is 5.78 Å². The second-order valence-electron chi connectivity index (χ2n) is 6.94. The summed E-state index contributed by atoms with van der Waals surface area (Å²) in [5.41, 5.74) is 3.81. The van der Waals surface area contributed by atoms with E-state index in [9.17, 15) is 18.0 Å². The zero-order valence-corrected chi connectivity index (χ0v) is 17.3. The number of hydrogen-bond acceptors (Lipinski definition) is 6. The van der Waals surface area contributed by atoms with E-state index in [0.29, 0.717) is 11.1 Å². The van der Waals surface area contributed by atoms with Gasteiger partial charge in [-0.2, -0.15) is 0 Å². The lowest BCUT2D eigenvalue weighted by molar-refractivity contribution is -0.142. The fraction of sp³-hybridized carbons (Fsp3) is 0.286. The van der Waals surface area contributed by atoms with Gasteiger partial charge >= 0.3 is 5.97 Å². The number of nitrogens with one attached hydrogen (secondary N) is 1. The number of Topliss-reactive ketones (excluding diaryl/α,β-unsaturated/α-hetero) is 1. The van der Waals surface area contributed by atoms with Crippen LogP contribution in [-0.4, -0.2) is 39.2 Å². The highest BCUT2D eigenvalue weighted by atomic mass is 32.2. The van der Waals surface area contributed by atoms with Gasteiger partial charge in [-0.25, -0.2) is 8.42 Å². The van der Waals surface area contributed by atoms with E-state index in [-0.39, 0.29) is 36.1 Å². The van der Waals surface area contributed by atoms with Gasteiger partial charge in [0.05, 0.1) is 17.9 Å². The Hall–Kier alpha value is -3.00. The molecule has 0 bridgehead atoms. The molecule has 2 aromatic carbocycles. The highest BCUT2D eigenvalue weighted by Gasteiger charge is 2.30. The summed E-state index contributed by atoms with van der Waals surface area (Å²) < 4.78 is 31.5. The summed E-state index contributed by atoms with van der Waals surface area (Å²) in [6.45, 7) is 5.37. The Morgan fingerprint density at radius 3 is 2.41 bits per heavy atom. The molecule has 0 spiro atoms. The van der Waals surface area contributed by atoms with E-state index < -0.39 is 16.0 Å². The Morgan fingerprint density at radius 2 is 1.72 bits per heavy atom. The summed E-state index contributed by atoms with van der Waals surface area (Å²) in [7, 11) is -3.61. The van der Waals surface area contributed by atoms with Crippen molar-refractivity contribution in [3.63, 3.8) is 0 Å². The van der Waals surface area contributed by atoms with Crippen molar-refractivity contribution in [1.82, 2.24) is 4.72 Å². The predicted octanol–water partition coefficient (Wildman–Crippen LogP) is 2.47. The smallest absolute Gasteiger partial charge is 0.308 e. The number of carbonyl (C=O) groups is 2. The number of aryl methyl sites for hydroxylation is 3. The standard InChI is InChI=1S/C21H22N2O5S/c1-13-10-14(2)20(15(3)11-13)17(24)12-28-19(25)8-9-22-21-16-6-4-5-7-18(16)29(26,27)23-21/h4-7,10-11H,8-9,12H2,1-3H3,(H,22,23). The first-order valence-corrected chi connectivity index (χ1v) is 10.6. The summed E-state index contributed by atoms with van der Waals surface area (Å²) in [4.78, 5) is 28.7. The van der Waals surface area contributed by atoms with Crippen LogP contribution in [0.25, 0.3) is 0 Å². The van der Waals surface area contributed by atoms with E-state index >= 15 is 0 Å². The highest BCUT2D eigenvalue weighted by Crippen LogP contribution is 2.22. The SMILES string of the molecule is Cc1cc(C)c(C(=O)COC(=O)CCN=C2NS(=O)(=O)c3ccccc32)c(C)c1. The third-order valence-electron chi connectivity index (χ3n) is 4.57. The van der Waals surface area contributed by atoms with E-state index in [1.807, 2.05) is 32.9 Å². The Morgan fingerprint density at radius 1 is 1.07 bits per heavy atom. The minimum absolute atomic E-state index is 0.0435. The number of ether oxygens (including phenoxy) is 1. The first-order valence-electron chi connectivity index (χ1n) is 9.12. The molecule has 1 aliphatic rings. The molecule has 0 saturated heterocycles. The van der Waals surface area contributed by atoms with Crippen molar-refractivity contribution in [2.24, 2.45) is 4.99 Å². The van der Waals surface area contributed by atoms with Gasteiger partial charge in [0.1, 0.15) is 5.84 Å². The summed E-state index contributed by atoms with van der Waals surface area (Å²) in [5, 5.41) is 0. The number of aliphatic imine (C=N–C) groups is 1. The summed E-state index contributed by atoms with van der Waals surface area (Å²) in [6, 6.07) is 10.3. The maximum Gasteiger partial charge on any atom is 0.308 e. The molecule has 0 radical (unpaired) electrons. The van der Waals surface area contributed by atoms with Crippen LogP contribution in [0.2, 0.25) is 0 Å². The third kappa shape index (κ3) is 4.54. The lowest BCUT2D eigenvalue weighted by Crippen LogP contribution is -2.23. The average molecular weight is 414 g/mol. The molecule has 0 saturated carbocycles. The zero-order chi connectivity index (χ0) is 21.2. The fourth-order valence-electron chi connectivity index (χ4n) is 3.42. The molecule has 0 fully saturated rings. The van der Waals surface area contributed by atoms with E-state index in [4.69, 9.17) is 4.74 Å². The molecule has 0 amide bonds. The van der Waals surface area contributed by atoms with Crippen LogP contribution < -0.4 is 4.72 Å². The van der Waals surface area contributed by atoms with E-state index in [2.05, 4.69) is 9.71 Å². The summed E-state index contributed by atoms with van der Waals surface area (Å²) in [6.07, 6.45) is -0.0630. The molecule has 0 aromatic heterocycles. The molecule has 1 N–H and O–H groups in total. The quantitative estimate of drug-likeness (QED) is 0.578. The molecule has 29 heavy (non-hydrogen) atoms. The highest BCUT2D eigenvalue weighted by molar-refractivity contribution is 7.90. The number of hydrogen-bond donors (Lipinski definition) is 1. The second kappa shape index (κ2) is 8.16. The number of sulfonamides is 1. The van der Waals surface area contributed by atoms with Gasteiger partial charge < -0.3 is 4.74 Å². The van der Waals surface area contributed by atoms with Crippen LogP contribution >= 0.6 is 0 Å². The maximum atomic E-state index is 12.4. The fourth-order valence-corrected chi connectivity index (χ4v) is 4.67. The Balaban J connectivity index is 1.57. The Kier molecular flexibility index (Phi) is 5.83. The van der Waals surface area contributed by atoms with Crippen LogP contribution in [-0.2, 0) is 19.6 Å². The van der Waals surface area contributed by atoms with Crippen LogP contribution in [0.3, 0.4) is 0 Å². The van der Waals surface area contributed by atoms with Gasteiger partial charge in [0.15, 0.2) is 6.61 Å². The first kappa shape index (κ1) is 20.7. The lowest BCUT2D eigenvalue weighted by Gasteiger charge is -2.10. The minimum Gasteiger partial charge on any atom is -0.457 e. The molecular formula is C21H22N2O5S. The van der Waals surface area contributed by atoms with Crippen LogP contribution in [0, 0.1) is 20.8 Å². The molecule has 1 heterocycles. The molecule has 0 aliphatic carbocycles. The van der Waals surface area contributed by atoms with Gasteiger partial charge in [0, 0.05) is 11.1 Å². The summed E-state index contributed by atoms with van der Waals surface area (Å²) in [5.74, 6) is -0.619. The number of ketones is 1. The number of rotatable bonds is 6. The molecule has 0 atom stereocenters. The van der Waals surface area contributed by atoms with E-state index in [1.54, 1.807) is 18.2 Å². The number of esters is 1. The molecule has 1 aliphatic heterocycles. The van der Waals surface area contributed by atoms with Crippen molar-refractivity contribution < 1.29 is 22.7 Å². The van der Waals surface area contributed by atoms with Crippen LogP contribution in [0.1, 0.15) is 39.0 Å². The number of carbonyl (C=O) groups excluding carboxylic acids is 2. The van der Waals surface area contributed by atoms with Crippen molar-refractivity contribution in [2.75, 3.05) is 13.2 Å². The minimum atomic E-state index is -3.61. The van der Waals surface area contributed by atoms with Crippen molar-refractivity contribution in [2.45, 2.75) is 32.1 Å². The maximum absolute atomic E-state index is 12.4. The lowest BCUT2D eigenvalue weighted by atomic mass is 9.97. The summed E-state index contributed by atoms with van der Waals surface area (Å²) >= 11 is 0.